The SMILES string of the molecule is NCC1CCCCN1C(=O)C1CSC(=O)N1. The molecule has 2 heterocycles. The van der Waals surface area contributed by atoms with Crippen molar-refractivity contribution in [2.75, 3.05) is 18.8 Å². The Morgan fingerprint density at radius 2 is 2.38 bits per heavy atom. The Morgan fingerprint density at radius 3 is 3.00 bits per heavy atom. The van der Waals surface area contributed by atoms with Crippen LogP contribution >= 0.6 is 11.8 Å². The average molecular weight is 243 g/mol. The first kappa shape index (κ1) is 11.7. The zero-order valence-corrected chi connectivity index (χ0v) is 9.96. The van der Waals surface area contributed by atoms with Crippen molar-refractivity contribution in [2.45, 2.75) is 31.3 Å². The summed E-state index contributed by atoms with van der Waals surface area (Å²) in [4.78, 5) is 25.1. The highest BCUT2D eigenvalue weighted by molar-refractivity contribution is 8.14. The molecule has 0 aliphatic carbocycles. The Labute approximate surface area is 99.1 Å². The number of piperidine rings is 1. The van der Waals surface area contributed by atoms with Gasteiger partial charge in [0.1, 0.15) is 6.04 Å². The molecule has 6 heteroatoms. The van der Waals surface area contributed by atoms with Crippen LogP contribution in [0.3, 0.4) is 0 Å². The molecule has 0 aromatic heterocycles. The van der Waals surface area contributed by atoms with Gasteiger partial charge in [0.2, 0.25) is 5.91 Å². The first-order chi connectivity index (χ1) is 7.72. The van der Waals surface area contributed by atoms with E-state index in [4.69, 9.17) is 5.73 Å². The molecule has 90 valence electrons. The van der Waals surface area contributed by atoms with Gasteiger partial charge >= 0.3 is 0 Å². The fourth-order valence-electron chi connectivity index (χ4n) is 2.25. The highest BCUT2D eigenvalue weighted by Crippen LogP contribution is 2.20. The second kappa shape index (κ2) is 5.05. The predicted molar refractivity (Wildman–Crippen MR) is 63.2 cm³/mol. The van der Waals surface area contributed by atoms with Gasteiger partial charge in [0, 0.05) is 24.9 Å². The molecule has 16 heavy (non-hydrogen) atoms. The molecule has 5 nitrogen and oxygen atoms in total. The van der Waals surface area contributed by atoms with E-state index in [0.717, 1.165) is 25.8 Å². The van der Waals surface area contributed by atoms with Gasteiger partial charge in [-0.05, 0) is 19.3 Å². The van der Waals surface area contributed by atoms with Gasteiger partial charge in [0.15, 0.2) is 0 Å². The number of likely N-dealkylation sites (tertiary alicyclic amines) is 1. The van der Waals surface area contributed by atoms with Crippen molar-refractivity contribution in [3.63, 3.8) is 0 Å². The van der Waals surface area contributed by atoms with E-state index < -0.39 is 0 Å². The van der Waals surface area contributed by atoms with E-state index in [2.05, 4.69) is 5.32 Å². The minimum absolute atomic E-state index is 0.0356. The molecule has 2 fully saturated rings. The molecule has 0 spiro atoms. The largest absolute Gasteiger partial charge is 0.337 e. The number of hydrogen-bond donors (Lipinski definition) is 2. The summed E-state index contributed by atoms with van der Waals surface area (Å²) >= 11 is 1.18. The van der Waals surface area contributed by atoms with E-state index in [1.54, 1.807) is 0 Å². The van der Waals surface area contributed by atoms with Gasteiger partial charge in [-0.2, -0.15) is 0 Å². The van der Waals surface area contributed by atoms with E-state index in [1.165, 1.54) is 11.8 Å². The highest BCUT2D eigenvalue weighted by atomic mass is 32.2. The van der Waals surface area contributed by atoms with E-state index in [9.17, 15) is 9.59 Å². The van der Waals surface area contributed by atoms with Gasteiger partial charge in [-0.25, -0.2) is 0 Å². The van der Waals surface area contributed by atoms with Crippen molar-refractivity contribution >= 4 is 22.9 Å². The monoisotopic (exact) mass is 243 g/mol. The van der Waals surface area contributed by atoms with Crippen LogP contribution in [0.4, 0.5) is 4.79 Å². The zero-order valence-electron chi connectivity index (χ0n) is 9.15. The van der Waals surface area contributed by atoms with Crippen LogP contribution in [0.1, 0.15) is 19.3 Å². The maximum Gasteiger partial charge on any atom is 0.279 e. The molecule has 2 unspecified atom stereocenters. The molecular weight excluding hydrogens is 226 g/mol. The number of nitrogens with zero attached hydrogens (tertiary/aromatic N) is 1. The summed E-state index contributed by atoms with van der Waals surface area (Å²) in [6.45, 7) is 1.29. The molecule has 0 bridgehead atoms. The number of carbonyl (C=O) groups excluding carboxylic acids is 2. The highest BCUT2D eigenvalue weighted by Gasteiger charge is 2.34. The summed E-state index contributed by atoms with van der Waals surface area (Å²) in [6, 6.07) is -0.187. The fraction of sp³-hybridized carbons (Fsp3) is 0.800. The molecule has 2 rings (SSSR count). The third-order valence-electron chi connectivity index (χ3n) is 3.15. The molecule has 0 aromatic carbocycles. The van der Waals surface area contributed by atoms with E-state index in [-0.39, 0.29) is 23.2 Å². The Morgan fingerprint density at radius 1 is 1.56 bits per heavy atom. The van der Waals surface area contributed by atoms with Gasteiger partial charge in [0.05, 0.1) is 0 Å². The first-order valence-electron chi connectivity index (χ1n) is 5.66. The van der Waals surface area contributed by atoms with Gasteiger partial charge < -0.3 is 16.0 Å². The summed E-state index contributed by atoms with van der Waals surface area (Å²) in [5, 5.41) is 2.59. The fourth-order valence-corrected chi connectivity index (χ4v) is 3.02. The summed E-state index contributed by atoms with van der Waals surface area (Å²) < 4.78 is 0. The second-order valence-electron chi connectivity index (χ2n) is 4.21. The number of nitrogens with two attached hydrogens (primary N) is 1. The van der Waals surface area contributed by atoms with Crippen LogP contribution in [0.25, 0.3) is 0 Å². The molecule has 2 atom stereocenters. The maximum absolute atomic E-state index is 12.2. The maximum atomic E-state index is 12.2. The van der Waals surface area contributed by atoms with Crippen molar-refractivity contribution in [2.24, 2.45) is 5.73 Å². The van der Waals surface area contributed by atoms with E-state index >= 15 is 0 Å². The quantitative estimate of drug-likeness (QED) is 0.724. The zero-order chi connectivity index (χ0) is 11.5. The number of rotatable bonds is 2. The number of nitrogens with one attached hydrogen (secondary N) is 1. The lowest BCUT2D eigenvalue weighted by Crippen LogP contribution is -2.53. The molecule has 2 aliphatic heterocycles. The normalized spacial score (nSPS) is 30.3. The molecule has 3 N–H and O–H groups in total. The Kier molecular flexibility index (Phi) is 3.70. The van der Waals surface area contributed by atoms with Crippen LogP contribution in [0.2, 0.25) is 0 Å². The number of hydrogen-bond acceptors (Lipinski definition) is 4. The van der Waals surface area contributed by atoms with Crippen molar-refractivity contribution in [1.29, 1.82) is 0 Å². The first-order valence-corrected chi connectivity index (χ1v) is 6.65. The Balaban J connectivity index is 1.99. The molecule has 0 saturated carbocycles. The van der Waals surface area contributed by atoms with Gasteiger partial charge in [0.25, 0.3) is 5.24 Å². The Hall–Kier alpha value is -0.750. The molecule has 0 radical (unpaired) electrons. The van der Waals surface area contributed by atoms with Gasteiger partial charge in [-0.15, -0.1) is 0 Å². The van der Waals surface area contributed by atoms with Crippen LogP contribution < -0.4 is 11.1 Å². The minimum Gasteiger partial charge on any atom is -0.337 e. The predicted octanol–water partition coefficient (Wildman–Crippen LogP) is 0.151. The van der Waals surface area contributed by atoms with Crippen molar-refractivity contribution < 1.29 is 9.59 Å². The molecule has 2 amide bonds. The lowest BCUT2D eigenvalue weighted by Gasteiger charge is -2.36. The molecule has 0 aromatic rings. The second-order valence-corrected chi connectivity index (χ2v) is 5.21. The Bertz CT molecular complexity index is 298. The van der Waals surface area contributed by atoms with Crippen LogP contribution in [0.5, 0.6) is 0 Å². The summed E-state index contributed by atoms with van der Waals surface area (Å²) in [6.07, 6.45) is 3.16. The molecule has 2 saturated heterocycles. The van der Waals surface area contributed by atoms with Crippen LogP contribution in [-0.4, -0.2) is 47.0 Å². The summed E-state index contributed by atoms with van der Waals surface area (Å²) in [5.74, 6) is 0.583. The van der Waals surface area contributed by atoms with Crippen molar-refractivity contribution in [3.05, 3.63) is 0 Å². The van der Waals surface area contributed by atoms with Crippen LogP contribution in [0.15, 0.2) is 0 Å². The lowest BCUT2D eigenvalue weighted by molar-refractivity contribution is -0.135. The summed E-state index contributed by atoms with van der Waals surface area (Å²) in [5.41, 5.74) is 5.67. The third kappa shape index (κ3) is 2.32. The third-order valence-corrected chi connectivity index (χ3v) is 4.03. The van der Waals surface area contributed by atoms with E-state index in [1.807, 2.05) is 4.90 Å². The molecular formula is C10H17N3O2S. The topological polar surface area (TPSA) is 75.4 Å². The number of thioether (sulfide) groups is 1. The summed E-state index contributed by atoms with van der Waals surface area (Å²) in [7, 11) is 0. The van der Waals surface area contributed by atoms with Crippen molar-refractivity contribution in [3.8, 4) is 0 Å². The smallest absolute Gasteiger partial charge is 0.279 e. The standard InChI is InChI=1S/C10H17N3O2S/c11-5-7-3-1-2-4-13(7)9(14)8-6-16-10(15)12-8/h7-8H,1-6,11H2,(H,12,15). The van der Waals surface area contributed by atoms with Gasteiger partial charge in [-0.1, -0.05) is 11.8 Å². The van der Waals surface area contributed by atoms with Crippen LogP contribution in [-0.2, 0) is 4.79 Å². The van der Waals surface area contributed by atoms with Crippen LogP contribution in [0, 0.1) is 0 Å². The van der Waals surface area contributed by atoms with E-state index in [0.29, 0.717) is 12.3 Å². The molecule has 2 aliphatic rings. The average Bonchev–Trinajstić information content (AvgIpc) is 2.75. The van der Waals surface area contributed by atoms with Gasteiger partial charge in [-0.3, -0.25) is 9.59 Å². The minimum atomic E-state index is -0.343. The van der Waals surface area contributed by atoms with Crippen molar-refractivity contribution in [1.82, 2.24) is 10.2 Å². The lowest BCUT2D eigenvalue weighted by atomic mass is 10.0. The number of amides is 2. The number of carbonyl (C=O) groups is 2.